The van der Waals surface area contributed by atoms with Crippen LogP contribution in [0.3, 0.4) is 0 Å². The van der Waals surface area contributed by atoms with Crippen molar-refractivity contribution in [1.29, 1.82) is 0 Å². The standard InChI is InChI=1S/C34H31OP2.C11H18P.Fe/c1-34(2,23-24-35)27-25-32(36(28-15-7-3-8-16-28)29-17-9-4-10-18-29)33(26-27)37(30-19-11-5-12-20-30)31-21-13-6-14-22-31;1-9(2)12(10(3)4)11-7-5-6-8-11;/h3-22,24-26H,23H2,1-2H3;5-10H,1-4H3;/q2*-1;+2. The van der Waals surface area contributed by atoms with Crippen LogP contribution in [-0.4, -0.2) is 17.6 Å². The van der Waals surface area contributed by atoms with Crippen molar-refractivity contribution >= 4 is 67.2 Å². The fourth-order valence-corrected chi connectivity index (χ4v) is 14.7. The molecular formula is C45H49FeOP3. The molecule has 1 nitrogen and oxygen atoms in total. The van der Waals surface area contributed by atoms with E-state index in [1.807, 2.05) is 0 Å². The van der Waals surface area contributed by atoms with Gasteiger partial charge in [-0.05, 0) is 38.0 Å². The average molecular weight is 755 g/mol. The molecule has 5 heteroatoms. The molecule has 0 fully saturated rings. The number of hydrogen-bond donors (Lipinski definition) is 0. The Bertz CT molecular complexity index is 1640. The summed E-state index contributed by atoms with van der Waals surface area (Å²) in [6.45, 7) is 13.7. The van der Waals surface area contributed by atoms with Crippen LogP contribution in [0.5, 0.6) is 0 Å². The summed E-state index contributed by atoms with van der Waals surface area (Å²) in [7, 11) is -1.51. The van der Waals surface area contributed by atoms with Crippen molar-refractivity contribution in [3.05, 3.63) is 163 Å². The number of carbonyl (C=O) groups is 1. The number of benzene rings is 4. The maximum Gasteiger partial charge on any atom is 2.00 e. The predicted octanol–water partition coefficient (Wildman–Crippen LogP) is 9.12. The first-order valence-corrected chi connectivity index (χ1v) is 21.4. The van der Waals surface area contributed by atoms with Gasteiger partial charge in [-0.1, -0.05) is 179 Å². The quantitative estimate of drug-likeness (QED) is 0.0528. The second-order valence-electron chi connectivity index (χ2n) is 13.5. The summed E-state index contributed by atoms with van der Waals surface area (Å²) >= 11 is 0. The van der Waals surface area contributed by atoms with Crippen LogP contribution in [-0.2, 0) is 27.3 Å². The Hall–Kier alpha value is -2.94. The minimum absolute atomic E-state index is 0. The molecule has 50 heavy (non-hydrogen) atoms. The van der Waals surface area contributed by atoms with Gasteiger partial charge in [0.05, 0.1) is 0 Å². The van der Waals surface area contributed by atoms with E-state index in [0.29, 0.717) is 6.42 Å². The van der Waals surface area contributed by atoms with Gasteiger partial charge in [0.15, 0.2) is 0 Å². The second kappa shape index (κ2) is 19.1. The molecule has 0 heterocycles. The Balaban J connectivity index is 0.000000368. The Morgan fingerprint density at radius 1 is 0.600 bits per heavy atom. The van der Waals surface area contributed by atoms with Gasteiger partial charge in [-0.3, -0.25) is 0 Å². The molecule has 0 radical (unpaired) electrons. The van der Waals surface area contributed by atoms with Crippen molar-refractivity contribution in [3.8, 4) is 0 Å². The molecule has 6 aromatic carbocycles. The van der Waals surface area contributed by atoms with Gasteiger partial charge in [-0.15, -0.1) is 7.92 Å². The maximum absolute atomic E-state index is 11.6. The van der Waals surface area contributed by atoms with Crippen molar-refractivity contribution in [2.24, 2.45) is 0 Å². The average Bonchev–Trinajstić information content (AvgIpc) is 3.79. The van der Waals surface area contributed by atoms with Gasteiger partial charge >= 0.3 is 17.1 Å². The maximum atomic E-state index is 11.6. The first-order chi connectivity index (χ1) is 23.7. The van der Waals surface area contributed by atoms with Crippen LogP contribution in [0.1, 0.15) is 53.5 Å². The van der Waals surface area contributed by atoms with E-state index < -0.39 is 15.8 Å². The largest absolute Gasteiger partial charge is 2.00 e. The molecule has 0 amide bonds. The molecule has 0 bridgehead atoms. The molecule has 0 aliphatic carbocycles. The predicted molar refractivity (Wildman–Crippen MR) is 222 cm³/mol. The molecule has 0 aliphatic heterocycles. The molecule has 6 aromatic rings. The Morgan fingerprint density at radius 3 is 1.24 bits per heavy atom. The van der Waals surface area contributed by atoms with Crippen LogP contribution in [0.15, 0.2) is 158 Å². The minimum Gasteiger partial charge on any atom is -0.303 e. The third-order valence-electron chi connectivity index (χ3n) is 8.82. The minimum atomic E-state index is -0.788. The summed E-state index contributed by atoms with van der Waals surface area (Å²) in [6.07, 6.45) is 1.56. The molecule has 6 rings (SSSR count). The Labute approximate surface area is 315 Å². The van der Waals surface area contributed by atoms with Crippen LogP contribution < -0.4 is 37.1 Å². The van der Waals surface area contributed by atoms with Gasteiger partial charge in [-0.2, -0.15) is 51.8 Å². The molecule has 0 atom stereocenters. The fourth-order valence-electron chi connectivity index (χ4n) is 6.45. The summed E-state index contributed by atoms with van der Waals surface area (Å²) in [5, 5.41) is 9.70. The molecule has 0 N–H and O–H groups in total. The smallest absolute Gasteiger partial charge is 0.303 e. The molecule has 258 valence electrons. The SMILES string of the molecule is CC(C)(CC=O)[c-]1cc(P(c2ccccc2)c2ccccc2)c(P(c2ccccc2)c2ccccc2)c1.CC(C)P(c1cc[cH-]c1)C(C)C.[Fe+2]. The van der Waals surface area contributed by atoms with Gasteiger partial charge in [0.25, 0.3) is 0 Å². The van der Waals surface area contributed by atoms with Crippen molar-refractivity contribution in [2.45, 2.75) is 64.7 Å². The summed E-state index contributed by atoms with van der Waals surface area (Å²) in [5.41, 5.74) is 2.62. The number of aldehydes is 1. The van der Waals surface area contributed by atoms with Crippen molar-refractivity contribution in [3.63, 3.8) is 0 Å². The van der Waals surface area contributed by atoms with E-state index in [0.717, 1.165) is 17.6 Å². The van der Waals surface area contributed by atoms with Crippen LogP contribution in [0.4, 0.5) is 0 Å². The summed E-state index contributed by atoms with van der Waals surface area (Å²) in [6, 6.07) is 57.3. The topological polar surface area (TPSA) is 17.1 Å². The zero-order chi connectivity index (χ0) is 34.8. The molecule has 0 unspecified atom stereocenters. The molecule has 0 saturated heterocycles. The van der Waals surface area contributed by atoms with E-state index in [2.05, 4.69) is 199 Å². The summed E-state index contributed by atoms with van der Waals surface area (Å²) in [5.74, 6) is 0. The zero-order valence-corrected chi connectivity index (χ0v) is 33.8. The van der Waals surface area contributed by atoms with E-state index in [1.165, 1.54) is 37.4 Å². The first kappa shape index (κ1) is 39.8. The van der Waals surface area contributed by atoms with Crippen molar-refractivity contribution in [2.75, 3.05) is 0 Å². The van der Waals surface area contributed by atoms with Gasteiger partial charge < -0.3 is 4.79 Å². The fraction of sp³-hybridized carbons (Fsp3) is 0.222. The molecule has 0 aromatic heterocycles. The van der Waals surface area contributed by atoms with E-state index in [9.17, 15) is 4.79 Å². The Morgan fingerprint density at radius 2 is 0.960 bits per heavy atom. The van der Waals surface area contributed by atoms with Crippen LogP contribution >= 0.6 is 23.8 Å². The van der Waals surface area contributed by atoms with E-state index in [4.69, 9.17) is 0 Å². The van der Waals surface area contributed by atoms with E-state index >= 15 is 0 Å². The van der Waals surface area contributed by atoms with Crippen LogP contribution in [0, 0.1) is 0 Å². The van der Waals surface area contributed by atoms with Crippen LogP contribution in [0.25, 0.3) is 0 Å². The van der Waals surface area contributed by atoms with Gasteiger partial charge in [-0.25, -0.2) is 6.07 Å². The first-order valence-electron chi connectivity index (χ1n) is 17.3. The van der Waals surface area contributed by atoms with Gasteiger partial charge in [0, 0.05) is 6.42 Å². The Kier molecular flexibility index (Phi) is 15.2. The second-order valence-corrected chi connectivity index (χ2v) is 21.3. The van der Waals surface area contributed by atoms with Gasteiger partial charge in [0.1, 0.15) is 6.29 Å². The molecular weight excluding hydrogens is 705 g/mol. The number of carbonyl (C=O) groups excluding carboxylic acids is 1. The zero-order valence-electron chi connectivity index (χ0n) is 30.1. The van der Waals surface area contributed by atoms with E-state index in [-0.39, 0.29) is 30.4 Å². The molecule has 0 aliphatic rings. The van der Waals surface area contributed by atoms with Gasteiger partial charge in [0.2, 0.25) is 0 Å². The normalized spacial score (nSPS) is 11.5. The third kappa shape index (κ3) is 9.89. The monoisotopic (exact) mass is 754 g/mol. The molecule has 0 saturated carbocycles. The number of hydrogen-bond acceptors (Lipinski definition) is 1. The number of rotatable bonds is 12. The van der Waals surface area contributed by atoms with Crippen LogP contribution in [0.2, 0.25) is 0 Å². The molecule has 0 spiro atoms. The summed E-state index contributed by atoms with van der Waals surface area (Å²) in [4.78, 5) is 11.6. The van der Waals surface area contributed by atoms with Crippen molar-refractivity contribution < 1.29 is 21.9 Å². The van der Waals surface area contributed by atoms with Crippen molar-refractivity contribution in [1.82, 2.24) is 0 Å². The third-order valence-corrected chi connectivity index (χ3v) is 17.1. The van der Waals surface area contributed by atoms with E-state index in [1.54, 1.807) is 5.30 Å². The summed E-state index contributed by atoms with van der Waals surface area (Å²) < 4.78 is 0.